The number of benzene rings is 1. The van der Waals surface area contributed by atoms with Crippen LogP contribution in [0, 0.1) is 6.92 Å². The molecule has 4 N–H and O–H groups in total. The number of hydrogen-bond donors (Lipinski definition) is 4. The van der Waals surface area contributed by atoms with Crippen LogP contribution in [0.1, 0.15) is 5.56 Å². The van der Waals surface area contributed by atoms with Gasteiger partial charge in [-0.15, -0.1) is 0 Å². The van der Waals surface area contributed by atoms with E-state index in [1.165, 1.54) is 0 Å². The fraction of sp³-hybridized carbons (Fsp3) is 0.538. The van der Waals surface area contributed by atoms with E-state index in [0.717, 1.165) is 5.56 Å². The van der Waals surface area contributed by atoms with Gasteiger partial charge in [0.1, 0.15) is 30.2 Å². The molecule has 0 radical (unpaired) electrons. The van der Waals surface area contributed by atoms with E-state index in [9.17, 15) is 15.3 Å². The van der Waals surface area contributed by atoms with E-state index in [1.807, 2.05) is 19.1 Å². The van der Waals surface area contributed by atoms with Gasteiger partial charge < -0.3 is 29.9 Å². The first kappa shape index (κ1) is 14.2. The Labute approximate surface area is 110 Å². The van der Waals surface area contributed by atoms with Crippen molar-refractivity contribution in [1.29, 1.82) is 0 Å². The third kappa shape index (κ3) is 3.05. The van der Waals surface area contributed by atoms with E-state index in [0.29, 0.717) is 5.75 Å². The van der Waals surface area contributed by atoms with Crippen LogP contribution in [0.2, 0.25) is 0 Å². The van der Waals surface area contributed by atoms with Gasteiger partial charge in [0, 0.05) is 0 Å². The summed E-state index contributed by atoms with van der Waals surface area (Å²) in [5.74, 6) is 0.468. The summed E-state index contributed by atoms with van der Waals surface area (Å²) in [6.07, 6.45) is -6.30. The molecule has 5 atom stereocenters. The molecule has 1 aliphatic heterocycles. The Kier molecular flexibility index (Phi) is 4.38. The molecule has 6 nitrogen and oxygen atoms in total. The number of aliphatic hydroxyl groups is 4. The van der Waals surface area contributed by atoms with Crippen LogP contribution in [-0.2, 0) is 4.74 Å². The number of aliphatic hydroxyl groups excluding tert-OH is 4. The molecular formula is C13H18O6. The van der Waals surface area contributed by atoms with Crippen molar-refractivity contribution >= 4 is 0 Å². The smallest absolute Gasteiger partial charge is 0.229 e. The van der Waals surface area contributed by atoms with Crippen molar-refractivity contribution in [3.8, 4) is 5.75 Å². The standard InChI is InChI=1S/C13H18O6/c1-7-2-4-8(5-3-7)18-13-12(17)11(16)10(15)9(6-14)19-13/h2-5,9-17H,6H2,1H3/t9?,10-,11?,12+,13-/m1/s1. The second-order valence-corrected chi connectivity index (χ2v) is 4.63. The fourth-order valence-electron chi connectivity index (χ4n) is 1.92. The molecule has 1 heterocycles. The highest BCUT2D eigenvalue weighted by Gasteiger charge is 2.44. The first-order valence-electron chi connectivity index (χ1n) is 6.07. The van der Waals surface area contributed by atoms with Gasteiger partial charge in [-0.3, -0.25) is 0 Å². The Morgan fingerprint density at radius 3 is 2.26 bits per heavy atom. The van der Waals surface area contributed by atoms with E-state index in [-0.39, 0.29) is 0 Å². The quantitative estimate of drug-likeness (QED) is 0.572. The lowest BCUT2D eigenvalue weighted by atomic mass is 9.99. The molecule has 106 valence electrons. The zero-order chi connectivity index (χ0) is 14.0. The summed E-state index contributed by atoms with van der Waals surface area (Å²) in [7, 11) is 0. The second-order valence-electron chi connectivity index (χ2n) is 4.63. The summed E-state index contributed by atoms with van der Waals surface area (Å²) >= 11 is 0. The van der Waals surface area contributed by atoms with Crippen LogP contribution in [0.3, 0.4) is 0 Å². The largest absolute Gasteiger partial charge is 0.462 e. The van der Waals surface area contributed by atoms with Crippen LogP contribution < -0.4 is 4.74 Å². The monoisotopic (exact) mass is 270 g/mol. The second kappa shape index (κ2) is 5.85. The Morgan fingerprint density at radius 1 is 1.05 bits per heavy atom. The van der Waals surface area contributed by atoms with E-state index in [4.69, 9.17) is 14.6 Å². The van der Waals surface area contributed by atoms with Crippen LogP contribution in [0.4, 0.5) is 0 Å². The lowest BCUT2D eigenvalue weighted by Crippen LogP contribution is -2.60. The highest BCUT2D eigenvalue weighted by Crippen LogP contribution is 2.24. The van der Waals surface area contributed by atoms with E-state index >= 15 is 0 Å². The molecule has 1 saturated heterocycles. The zero-order valence-corrected chi connectivity index (χ0v) is 10.5. The topological polar surface area (TPSA) is 99.4 Å². The van der Waals surface area contributed by atoms with Crippen LogP contribution in [0.25, 0.3) is 0 Å². The van der Waals surface area contributed by atoms with Gasteiger partial charge in [0.15, 0.2) is 0 Å². The summed E-state index contributed by atoms with van der Waals surface area (Å²) < 4.78 is 10.7. The van der Waals surface area contributed by atoms with Gasteiger partial charge in [-0.25, -0.2) is 0 Å². The third-order valence-corrected chi connectivity index (χ3v) is 3.12. The van der Waals surface area contributed by atoms with Gasteiger partial charge in [0.05, 0.1) is 6.61 Å². The Balaban J connectivity index is 2.08. The molecular weight excluding hydrogens is 252 g/mol. The predicted molar refractivity (Wildman–Crippen MR) is 65.6 cm³/mol. The molecule has 2 rings (SSSR count). The van der Waals surface area contributed by atoms with Gasteiger partial charge in [-0.1, -0.05) is 17.7 Å². The molecule has 1 aliphatic rings. The number of aryl methyl sites for hydroxylation is 1. The molecule has 2 unspecified atom stereocenters. The molecule has 0 saturated carbocycles. The van der Waals surface area contributed by atoms with E-state index in [2.05, 4.69) is 0 Å². The predicted octanol–water partition coefficient (Wildman–Crippen LogP) is -0.826. The van der Waals surface area contributed by atoms with Crippen molar-refractivity contribution in [2.24, 2.45) is 0 Å². The van der Waals surface area contributed by atoms with Crippen LogP contribution >= 0.6 is 0 Å². The van der Waals surface area contributed by atoms with Gasteiger partial charge in [-0.2, -0.15) is 0 Å². The SMILES string of the molecule is Cc1ccc(O[C@@H]2OC(CO)[C@@H](O)C(O)[C@@H]2O)cc1. The first-order chi connectivity index (χ1) is 9.02. The summed E-state index contributed by atoms with van der Waals surface area (Å²) in [6, 6.07) is 7.08. The maximum atomic E-state index is 9.80. The van der Waals surface area contributed by atoms with Gasteiger partial charge in [0.2, 0.25) is 6.29 Å². The summed E-state index contributed by atoms with van der Waals surface area (Å²) in [4.78, 5) is 0. The molecule has 0 aromatic heterocycles. The van der Waals surface area contributed by atoms with Crippen molar-refractivity contribution in [1.82, 2.24) is 0 Å². The molecule has 6 heteroatoms. The maximum absolute atomic E-state index is 9.80. The van der Waals surface area contributed by atoms with Crippen molar-refractivity contribution in [3.05, 3.63) is 29.8 Å². The Bertz CT molecular complexity index is 404. The highest BCUT2D eigenvalue weighted by atomic mass is 16.7. The Hall–Kier alpha value is -1.18. The summed E-state index contributed by atoms with van der Waals surface area (Å²) in [5.41, 5.74) is 1.06. The van der Waals surface area contributed by atoms with Gasteiger partial charge >= 0.3 is 0 Å². The molecule has 0 amide bonds. The number of ether oxygens (including phenoxy) is 2. The average molecular weight is 270 g/mol. The van der Waals surface area contributed by atoms with E-state index in [1.54, 1.807) is 12.1 Å². The lowest BCUT2D eigenvalue weighted by molar-refractivity contribution is -0.277. The average Bonchev–Trinajstić information content (AvgIpc) is 2.42. The molecule has 0 bridgehead atoms. The van der Waals surface area contributed by atoms with Crippen molar-refractivity contribution in [3.63, 3.8) is 0 Å². The minimum atomic E-state index is -1.43. The molecule has 19 heavy (non-hydrogen) atoms. The zero-order valence-electron chi connectivity index (χ0n) is 10.5. The van der Waals surface area contributed by atoms with Gasteiger partial charge in [-0.05, 0) is 19.1 Å². The van der Waals surface area contributed by atoms with Crippen molar-refractivity contribution in [2.45, 2.75) is 37.6 Å². The highest BCUT2D eigenvalue weighted by molar-refractivity contribution is 5.26. The summed E-state index contributed by atoms with van der Waals surface area (Å²) in [6.45, 7) is 1.45. The lowest BCUT2D eigenvalue weighted by Gasteiger charge is -2.39. The fourth-order valence-corrected chi connectivity index (χ4v) is 1.92. The van der Waals surface area contributed by atoms with Crippen molar-refractivity contribution in [2.75, 3.05) is 6.61 Å². The maximum Gasteiger partial charge on any atom is 0.229 e. The minimum absolute atomic E-state index is 0.468. The summed E-state index contributed by atoms with van der Waals surface area (Å²) in [5, 5.41) is 38.1. The van der Waals surface area contributed by atoms with E-state index < -0.39 is 37.3 Å². The number of rotatable bonds is 3. The minimum Gasteiger partial charge on any atom is -0.462 e. The van der Waals surface area contributed by atoms with Crippen molar-refractivity contribution < 1.29 is 29.9 Å². The van der Waals surface area contributed by atoms with Crippen LogP contribution in [-0.4, -0.2) is 57.7 Å². The Morgan fingerprint density at radius 2 is 1.68 bits per heavy atom. The first-order valence-corrected chi connectivity index (χ1v) is 6.07. The normalized spacial score (nSPS) is 35.1. The van der Waals surface area contributed by atoms with Crippen LogP contribution in [0.5, 0.6) is 5.75 Å². The molecule has 1 aromatic rings. The molecule has 1 fully saturated rings. The molecule has 1 aromatic carbocycles. The molecule has 0 aliphatic carbocycles. The number of hydrogen-bond acceptors (Lipinski definition) is 6. The molecule has 0 spiro atoms. The van der Waals surface area contributed by atoms with Gasteiger partial charge in [0.25, 0.3) is 0 Å². The van der Waals surface area contributed by atoms with Crippen LogP contribution in [0.15, 0.2) is 24.3 Å². The third-order valence-electron chi connectivity index (χ3n) is 3.12.